The molecule has 17 heavy (non-hydrogen) atoms. The zero-order chi connectivity index (χ0) is 12.8. The summed E-state index contributed by atoms with van der Waals surface area (Å²) in [5.74, 6) is -0.351. The molecule has 0 fully saturated rings. The Morgan fingerprint density at radius 1 is 1.53 bits per heavy atom. The number of nitrogens with one attached hydrogen (secondary N) is 2. The number of carbonyl (C=O) groups excluding carboxylic acids is 2. The third-order valence-corrected chi connectivity index (χ3v) is 2.64. The highest BCUT2D eigenvalue weighted by atomic mass is 79.9. The Hall–Kier alpha value is -1.30. The Balaban J connectivity index is 2.50. The maximum atomic E-state index is 11.9. The summed E-state index contributed by atoms with van der Waals surface area (Å²) in [6.07, 6.45) is 2.56. The van der Waals surface area contributed by atoms with Crippen molar-refractivity contribution in [1.82, 2.24) is 15.2 Å². The van der Waals surface area contributed by atoms with E-state index in [0.29, 0.717) is 12.2 Å². The van der Waals surface area contributed by atoms with E-state index in [9.17, 15) is 9.59 Å². The quantitative estimate of drug-likeness (QED) is 0.863. The summed E-state index contributed by atoms with van der Waals surface area (Å²) in [7, 11) is 1.60. The van der Waals surface area contributed by atoms with Crippen molar-refractivity contribution in [3.8, 4) is 0 Å². The lowest BCUT2D eigenvalue weighted by Gasteiger charge is -2.15. The van der Waals surface area contributed by atoms with Gasteiger partial charge >= 0.3 is 0 Å². The maximum absolute atomic E-state index is 11.9. The van der Waals surface area contributed by atoms with Crippen molar-refractivity contribution in [1.29, 1.82) is 0 Å². The Morgan fingerprint density at radius 2 is 2.24 bits per heavy atom. The van der Waals surface area contributed by atoms with Crippen LogP contribution in [-0.4, -0.2) is 41.8 Å². The number of amides is 2. The molecular formula is C11H16BrN3O2. The second-order valence-corrected chi connectivity index (χ2v) is 4.66. The monoisotopic (exact) mass is 301 g/mol. The SMILES string of the molecule is CCCNC(=O)CN(C)C(=O)c1cc(Br)c[nH]1. The minimum Gasteiger partial charge on any atom is -0.356 e. The minimum absolute atomic E-state index is 0.0650. The van der Waals surface area contributed by atoms with Gasteiger partial charge in [-0.25, -0.2) is 0 Å². The summed E-state index contributed by atoms with van der Waals surface area (Å²) in [5, 5.41) is 2.72. The van der Waals surface area contributed by atoms with E-state index in [-0.39, 0.29) is 18.4 Å². The first-order chi connectivity index (χ1) is 8.04. The lowest BCUT2D eigenvalue weighted by atomic mass is 10.3. The summed E-state index contributed by atoms with van der Waals surface area (Å²) < 4.78 is 0.810. The second-order valence-electron chi connectivity index (χ2n) is 3.74. The van der Waals surface area contributed by atoms with Crippen molar-refractivity contribution in [2.75, 3.05) is 20.1 Å². The normalized spacial score (nSPS) is 10.1. The van der Waals surface area contributed by atoms with Gasteiger partial charge in [0.2, 0.25) is 5.91 Å². The van der Waals surface area contributed by atoms with Crippen LogP contribution in [0.4, 0.5) is 0 Å². The molecule has 0 saturated carbocycles. The van der Waals surface area contributed by atoms with Crippen molar-refractivity contribution < 1.29 is 9.59 Å². The van der Waals surface area contributed by atoms with E-state index in [1.807, 2.05) is 6.92 Å². The lowest BCUT2D eigenvalue weighted by molar-refractivity contribution is -0.121. The zero-order valence-corrected chi connectivity index (χ0v) is 11.5. The molecule has 1 heterocycles. The number of hydrogen-bond acceptors (Lipinski definition) is 2. The molecule has 0 aliphatic heterocycles. The van der Waals surface area contributed by atoms with Crippen LogP contribution >= 0.6 is 15.9 Å². The summed E-state index contributed by atoms with van der Waals surface area (Å²) in [5.41, 5.74) is 0.461. The van der Waals surface area contributed by atoms with E-state index in [2.05, 4.69) is 26.2 Å². The number of H-pyrrole nitrogens is 1. The zero-order valence-electron chi connectivity index (χ0n) is 9.92. The van der Waals surface area contributed by atoms with Gasteiger partial charge in [-0.15, -0.1) is 0 Å². The summed E-state index contributed by atoms with van der Waals surface area (Å²) in [6, 6.07) is 1.68. The molecule has 0 saturated heterocycles. The van der Waals surface area contributed by atoms with Crippen LogP contribution in [0, 0.1) is 0 Å². The highest BCUT2D eigenvalue weighted by Crippen LogP contribution is 2.11. The first kappa shape index (κ1) is 13.8. The molecule has 1 rings (SSSR count). The van der Waals surface area contributed by atoms with Gasteiger partial charge in [0.15, 0.2) is 0 Å². The van der Waals surface area contributed by atoms with Gasteiger partial charge in [0.05, 0.1) is 6.54 Å². The molecule has 6 heteroatoms. The van der Waals surface area contributed by atoms with Crippen LogP contribution in [0.5, 0.6) is 0 Å². The van der Waals surface area contributed by atoms with Crippen LogP contribution in [-0.2, 0) is 4.79 Å². The molecule has 0 aromatic carbocycles. The van der Waals surface area contributed by atoms with Gasteiger partial charge in [-0.1, -0.05) is 6.92 Å². The molecule has 2 N–H and O–H groups in total. The van der Waals surface area contributed by atoms with E-state index >= 15 is 0 Å². The molecular weight excluding hydrogens is 286 g/mol. The highest BCUT2D eigenvalue weighted by molar-refractivity contribution is 9.10. The second kappa shape index (κ2) is 6.44. The fourth-order valence-electron chi connectivity index (χ4n) is 1.30. The van der Waals surface area contributed by atoms with Crippen LogP contribution < -0.4 is 5.32 Å². The molecule has 0 bridgehead atoms. The van der Waals surface area contributed by atoms with E-state index in [1.54, 1.807) is 19.3 Å². The predicted octanol–water partition coefficient (Wildman–Crippen LogP) is 1.38. The van der Waals surface area contributed by atoms with E-state index in [4.69, 9.17) is 0 Å². The van der Waals surface area contributed by atoms with E-state index < -0.39 is 0 Å². The maximum Gasteiger partial charge on any atom is 0.270 e. The highest BCUT2D eigenvalue weighted by Gasteiger charge is 2.15. The van der Waals surface area contributed by atoms with Crippen molar-refractivity contribution in [2.24, 2.45) is 0 Å². The molecule has 0 atom stereocenters. The van der Waals surface area contributed by atoms with E-state index in [0.717, 1.165) is 10.9 Å². The molecule has 94 valence electrons. The topological polar surface area (TPSA) is 65.2 Å². The summed E-state index contributed by atoms with van der Waals surface area (Å²) >= 11 is 3.25. The number of aromatic nitrogens is 1. The van der Waals surface area contributed by atoms with Gasteiger partial charge < -0.3 is 15.2 Å². The number of hydrogen-bond donors (Lipinski definition) is 2. The Kier molecular flexibility index (Phi) is 5.21. The van der Waals surface area contributed by atoms with Crippen LogP contribution in [0.3, 0.4) is 0 Å². The Morgan fingerprint density at radius 3 is 2.76 bits per heavy atom. The van der Waals surface area contributed by atoms with Gasteiger partial charge in [-0.2, -0.15) is 0 Å². The average molecular weight is 302 g/mol. The summed E-state index contributed by atoms with van der Waals surface area (Å²) in [4.78, 5) is 27.5. The number of nitrogens with zero attached hydrogens (tertiary/aromatic N) is 1. The smallest absolute Gasteiger partial charge is 0.270 e. The van der Waals surface area contributed by atoms with Crippen molar-refractivity contribution in [2.45, 2.75) is 13.3 Å². The molecule has 0 aliphatic carbocycles. The third kappa shape index (κ3) is 4.22. The van der Waals surface area contributed by atoms with Crippen molar-refractivity contribution in [3.05, 3.63) is 22.4 Å². The van der Waals surface area contributed by atoms with Crippen molar-refractivity contribution >= 4 is 27.7 Å². The molecule has 5 nitrogen and oxygen atoms in total. The third-order valence-electron chi connectivity index (χ3n) is 2.18. The number of carbonyl (C=O) groups is 2. The standard InChI is InChI=1S/C11H16BrN3O2/c1-3-4-13-10(16)7-15(2)11(17)9-5-8(12)6-14-9/h5-6,14H,3-4,7H2,1-2H3,(H,13,16). The molecule has 1 aromatic rings. The molecule has 0 spiro atoms. The van der Waals surface area contributed by atoms with Gasteiger partial charge in [-0.3, -0.25) is 9.59 Å². The van der Waals surface area contributed by atoms with Crippen molar-refractivity contribution in [3.63, 3.8) is 0 Å². The van der Waals surface area contributed by atoms with Gasteiger partial charge in [0, 0.05) is 24.3 Å². The van der Waals surface area contributed by atoms with Crippen LogP contribution in [0.15, 0.2) is 16.7 Å². The Labute approximate surface area is 109 Å². The Bertz CT molecular complexity index is 403. The molecule has 0 unspecified atom stereocenters. The molecule has 0 radical (unpaired) electrons. The molecule has 0 aliphatic rings. The van der Waals surface area contributed by atoms with E-state index in [1.165, 1.54) is 4.90 Å². The van der Waals surface area contributed by atoms with Gasteiger partial charge in [0.25, 0.3) is 5.91 Å². The first-order valence-electron chi connectivity index (χ1n) is 5.40. The van der Waals surface area contributed by atoms with Gasteiger partial charge in [0.1, 0.15) is 5.69 Å². The predicted molar refractivity (Wildman–Crippen MR) is 68.8 cm³/mol. The number of rotatable bonds is 5. The van der Waals surface area contributed by atoms with Crippen LogP contribution in [0.2, 0.25) is 0 Å². The summed E-state index contributed by atoms with van der Waals surface area (Å²) in [6.45, 7) is 2.68. The molecule has 1 aromatic heterocycles. The lowest BCUT2D eigenvalue weighted by Crippen LogP contribution is -2.38. The fourth-order valence-corrected chi connectivity index (χ4v) is 1.65. The fraction of sp³-hybridized carbons (Fsp3) is 0.455. The largest absolute Gasteiger partial charge is 0.356 e. The number of likely N-dealkylation sites (N-methyl/N-ethyl adjacent to an activating group) is 1. The average Bonchev–Trinajstić information content (AvgIpc) is 2.72. The number of halogens is 1. The first-order valence-corrected chi connectivity index (χ1v) is 6.20. The molecule has 2 amide bonds. The van der Waals surface area contributed by atoms with Gasteiger partial charge in [-0.05, 0) is 28.4 Å². The minimum atomic E-state index is -0.206. The van der Waals surface area contributed by atoms with Crippen LogP contribution in [0.1, 0.15) is 23.8 Å². The van der Waals surface area contributed by atoms with Crippen LogP contribution in [0.25, 0.3) is 0 Å². The number of aromatic amines is 1.